The summed E-state index contributed by atoms with van der Waals surface area (Å²) in [6.45, 7) is 0. The topological polar surface area (TPSA) is 64.3 Å². The zero-order chi connectivity index (χ0) is 12.0. The van der Waals surface area contributed by atoms with Crippen LogP contribution in [0.3, 0.4) is 0 Å². The van der Waals surface area contributed by atoms with Crippen LogP contribution in [0.1, 0.15) is 22.5 Å². The maximum atomic E-state index is 12.1. The molecule has 0 atom stereocenters. The number of hydrogen-bond donors (Lipinski definition) is 0. The third kappa shape index (κ3) is 1.41. The van der Waals surface area contributed by atoms with Crippen molar-refractivity contribution in [2.75, 3.05) is 0 Å². The molecule has 0 amide bonds. The molecule has 0 fully saturated rings. The molecule has 1 aromatic carbocycles. The maximum absolute atomic E-state index is 12.1. The molecule has 0 unspecified atom stereocenters. The van der Waals surface area contributed by atoms with Crippen molar-refractivity contribution in [3.05, 3.63) is 45.8 Å². The van der Waals surface area contributed by atoms with Crippen molar-refractivity contribution < 1.29 is 14.0 Å². The van der Waals surface area contributed by atoms with Crippen LogP contribution < -0.4 is 5.43 Å². The van der Waals surface area contributed by atoms with Crippen LogP contribution in [0.15, 0.2) is 33.5 Å². The van der Waals surface area contributed by atoms with E-state index in [4.69, 9.17) is 4.42 Å². The predicted molar refractivity (Wildman–Crippen MR) is 60.1 cm³/mol. The van der Waals surface area contributed by atoms with Gasteiger partial charge in [0.05, 0.1) is 18.2 Å². The minimum Gasteiger partial charge on any atom is -0.460 e. The monoisotopic (exact) mass is 228 g/mol. The van der Waals surface area contributed by atoms with E-state index in [2.05, 4.69) is 0 Å². The number of carbonyl (C=O) groups is 2. The molecule has 0 saturated heterocycles. The Labute approximate surface area is 95.9 Å². The van der Waals surface area contributed by atoms with Crippen LogP contribution in [0.4, 0.5) is 0 Å². The van der Waals surface area contributed by atoms with E-state index in [1.165, 1.54) is 0 Å². The molecule has 1 aromatic heterocycles. The van der Waals surface area contributed by atoms with E-state index in [0.717, 1.165) is 0 Å². The lowest BCUT2D eigenvalue weighted by molar-refractivity contribution is -0.118. The summed E-state index contributed by atoms with van der Waals surface area (Å²) in [7, 11) is 0. The minimum absolute atomic E-state index is 0.0289. The van der Waals surface area contributed by atoms with E-state index >= 15 is 0 Å². The second-order valence-corrected chi connectivity index (χ2v) is 4.04. The predicted octanol–water partition coefficient (Wildman–Crippen LogP) is 1.49. The highest BCUT2D eigenvalue weighted by molar-refractivity contribution is 6.13. The lowest BCUT2D eigenvalue weighted by atomic mass is 9.93. The summed E-state index contributed by atoms with van der Waals surface area (Å²) in [6.07, 6.45) is -0.169. The third-order valence-corrected chi connectivity index (χ3v) is 2.87. The fraction of sp³-hybridized carbons (Fsp3) is 0.154. The number of hydrogen-bond acceptors (Lipinski definition) is 4. The summed E-state index contributed by atoms with van der Waals surface area (Å²) >= 11 is 0. The number of carbonyl (C=O) groups excluding carboxylic acids is 2. The van der Waals surface area contributed by atoms with Gasteiger partial charge in [0.1, 0.15) is 22.7 Å². The van der Waals surface area contributed by atoms with Gasteiger partial charge in [-0.1, -0.05) is 12.1 Å². The third-order valence-electron chi connectivity index (χ3n) is 2.87. The Balaban J connectivity index is 2.43. The fourth-order valence-electron chi connectivity index (χ4n) is 2.10. The Morgan fingerprint density at radius 3 is 2.59 bits per heavy atom. The SMILES string of the molecule is O=C1CC(=O)c2c(oc3ccccc3c2=O)C1. The quantitative estimate of drug-likeness (QED) is 0.641. The molecule has 1 heterocycles. The molecule has 0 N–H and O–H groups in total. The van der Waals surface area contributed by atoms with Gasteiger partial charge < -0.3 is 4.42 Å². The number of fused-ring (bicyclic) bond motifs is 2. The molecule has 2 aromatic rings. The van der Waals surface area contributed by atoms with E-state index in [9.17, 15) is 14.4 Å². The summed E-state index contributed by atoms with van der Waals surface area (Å²) in [4.78, 5) is 35.1. The van der Waals surface area contributed by atoms with Gasteiger partial charge >= 0.3 is 0 Å². The van der Waals surface area contributed by atoms with Crippen LogP contribution >= 0.6 is 0 Å². The van der Waals surface area contributed by atoms with E-state index in [0.29, 0.717) is 11.0 Å². The second-order valence-electron chi connectivity index (χ2n) is 4.04. The van der Waals surface area contributed by atoms with Crippen molar-refractivity contribution in [2.24, 2.45) is 0 Å². The Morgan fingerprint density at radius 1 is 1.00 bits per heavy atom. The van der Waals surface area contributed by atoms with Crippen LogP contribution in [-0.2, 0) is 11.2 Å². The molecular weight excluding hydrogens is 220 g/mol. The Kier molecular flexibility index (Phi) is 1.98. The molecule has 0 saturated carbocycles. The average Bonchev–Trinajstić information content (AvgIpc) is 2.28. The van der Waals surface area contributed by atoms with Crippen molar-refractivity contribution in [1.82, 2.24) is 0 Å². The van der Waals surface area contributed by atoms with Gasteiger partial charge in [-0.3, -0.25) is 14.4 Å². The van der Waals surface area contributed by atoms with Crippen LogP contribution in [0, 0.1) is 0 Å². The molecule has 1 aliphatic rings. The highest BCUT2D eigenvalue weighted by atomic mass is 16.3. The zero-order valence-corrected chi connectivity index (χ0v) is 8.86. The highest BCUT2D eigenvalue weighted by Crippen LogP contribution is 2.21. The second kappa shape index (κ2) is 3.38. The van der Waals surface area contributed by atoms with Crippen molar-refractivity contribution >= 4 is 22.5 Å². The zero-order valence-electron chi connectivity index (χ0n) is 8.86. The van der Waals surface area contributed by atoms with Crippen LogP contribution in [0.2, 0.25) is 0 Å². The number of ketones is 2. The Bertz CT molecular complexity index is 709. The maximum Gasteiger partial charge on any atom is 0.203 e. The molecule has 4 nitrogen and oxygen atoms in total. The normalized spacial score (nSPS) is 15.1. The smallest absolute Gasteiger partial charge is 0.203 e. The molecule has 0 spiro atoms. The van der Waals surface area contributed by atoms with Gasteiger partial charge in [-0.05, 0) is 12.1 Å². The lowest BCUT2D eigenvalue weighted by Crippen LogP contribution is -2.27. The highest BCUT2D eigenvalue weighted by Gasteiger charge is 2.28. The summed E-state index contributed by atoms with van der Waals surface area (Å²) in [5.74, 6) is -0.438. The van der Waals surface area contributed by atoms with Gasteiger partial charge in [0.15, 0.2) is 5.78 Å². The summed E-state index contributed by atoms with van der Waals surface area (Å²) in [6, 6.07) is 6.72. The molecule has 0 radical (unpaired) electrons. The average molecular weight is 228 g/mol. The number of para-hydroxylation sites is 1. The van der Waals surface area contributed by atoms with Crippen molar-refractivity contribution in [3.63, 3.8) is 0 Å². The molecule has 0 aliphatic heterocycles. The van der Waals surface area contributed by atoms with Gasteiger partial charge in [0.2, 0.25) is 5.43 Å². The first-order valence-electron chi connectivity index (χ1n) is 5.26. The Hall–Kier alpha value is -2.23. The van der Waals surface area contributed by atoms with Gasteiger partial charge in [0.25, 0.3) is 0 Å². The molecule has 84 valence electrons. The largest absolute Gasteiger partial charge is 0.460 e. The van der Waals surface area contributed by atoms with Crippen LogP contribution in [0.25, 0.3) is 11.0 Å². The van der Waals surface area contributed by atoms with E-state index in [-0.39, 0.29) is 35.4 Å². The van der Waals surface area contributed by atoms with Crippen molar-refractivity contribution in [3.8, 4) is 0 Å². The first-order valence-corrected chi connectivity index (χ1v) is 5.26. The van der Waals surface area contributed by atoms with Gasteiger partial charge in [-0.2, -0.15) is 0 Å². The lowest BCUT2D eigenvalue weighted by Gasteiger charge is -2.12. The summed E-state index contributed by atoms with van der Waals surface area (Å²) in [5.41, 5.74) is 0.126. The standard InChI is InChI=1S/C13H8O4/c14-7-5-9(15)12-11(6-7)17-10-4-2-1-3-8(10)13(12)16/h1-4H,5-6H2. The first kappa shape index (κ1) is 9.96. The van der Waals surface area contributed by atoms with Gasteiger partial charge in [0, 0.05) is 0 Å². The van der Waals surface area contributed by atoms with Crippen molar-refractivity contribution in [1.29, 1.82) is 0 Å². The fourth-order valence-corrected chi connectivity index (χ4v) is 2.10. The molecule has 3 rings (SSSR count). The van der Waals surface area contributed by atoms with Crippen LogP contribution in [0.5, 0.6) is 0 Å². The van der Waals surface area contributed by atoms with E-state index < -0.39 is 5.78 Å². The van der Waals surface area contributed by atoms with Gasteiger partial charge in [-0.25, -0.2) is 0 Å². The molecular formula is C13H8O4. The first-order chi connectivity index (χ1) is 8.16. The van der Waals surface area contributed by atoms with E-state index in [1.54, 1.807) is 24.3 Å². The van der Waals surface area contributed by atoms with Gasteiger partial charge in [-0.15, -0.1) is 0 Å². The van der Waals surface area contributed by atoms with Crippen molar-refractivity contribution in [2.45, 2.75) is 12.8 Å². The molecule has 1 aliphatic carbocycles. The molecule has 0 bridgehead atoms. The van der Waals surface area contributed by atoms with E-state index in [1.807, 2.05) is 0 Å². The van der Waals surface area contributed by atoms with Crippen LogP contribution in [-0.4, -0.2) is 11.6 Å². The number of rotatable bonds is 0. The number of Topliss-reactive ketones (excluding diaryl/α,β-unsaturated/α-hetero) is 2. The minimum atomic E-state index is -0.434. The molecule has 4 heteroatoms. The Morgan fingerprint density at radius 2 is 1.76 bits per heavy atom. The summed E-state index contributed by atoms with van der Waals surface area (Å²) in [5, 5.41) is 0.383. The molecule has 17 heavy (non-hydrogen) atoms. The summed E-state index contributed by atoms with van der Waals surface area (Å²) < 4.78 is 5.46. The number of benzene rings is 1.